The van der Waals surface area contributed by atoms with Crippen molar-refractivity contribution in [3.05, 3.63) is 355 Å². The lowest BCUT2D eigenvalue weighted by Gasteiger charge is -2.15. The van der Waals surface area contributed by atoms with Crippen LogP contribution in [-0.4, -0.2) is 82.6 Å². The number of nitrogens with one attached hydrogen (secondary N) is 4. The number of aromatic amines is 4. The summed E-state index contributed by atoms with van der Waals surface area (Å²) in [5, 5.41) is 4.40. The number of ether oxygens (including phenoxy) is 8. The molecule has 550 valence electrons. The van der Waals surface area contributed by atoms with E-state index in [1.807, 2.05) is 140 Å². The first-order valence-electron chi connectivity index (χ1n) is 35.1. The summed E-state index contributed by atoms with van der Waals surface area (Å²) in [6.07, 6.45) is 0. The van der Waals surface area contributed by atoms with Gasteiger partial charge in [-0.15, -0.1) is 0 Å². The summed E-state index contributed by atoms with van der Waals surface area (Å²) in [6.45, 7) is 12.9. The molecule has 0 radical (unpaired) electrons. The van der Waals surface area contributed by atoms with Crippen molar-refractivity contribution in [3.8, 4) is 91.0 Å². The summed E-state index contributed by atoms with van der Waals surface area (Å²) in [7, 11) is 12.9. The van der Waals surface area contributed by atoms with Crippen LogP contribution in [0.2, 0.25) is 0 Å². The Balaban J connectivity index is 0.000000136. The molecule has 13 nitrogen and oxygen atoms in total. The van der Waals surface area contributed by atoms with E-state index in [1.165, 1.54) is 22.9 Å². The second-order valence-corrected chi connectivity index (χ2v) is 25.6. The first-order chi connectivity index (χ1) is 53.1. The molecule has 0 atom stereocenters. The van der Waals surface area contributed by atoms with Crippen LogP contribution < -0.4 is 37.9 Å². The minimum atomic E-state index is -0.252. The molecule has 0 spiro atoms. The van der Waals surface area contributed by atoms with E-state index in [9.17, 15) is 9.18 Å². The number of ketones is 1. The van der Waals surface area contributed by atoms with Gasteiger partial charge in [-0.2, -0.15) is 0 Å². The lowest BCUT2D eigenvalue weighted by Crippen LogP contribution is -2.01. The van der Waals surface area contributed by atoms with Gasteiger partial charge in [-0.05, 0) is 218 Å². The molecular formula is C96H85FN4O9. The second kappa shape index (κ2) is 34.5. The average molecular weight is 1460 g/mol. The number of benzene rings is 12. The number of rotatable bonds is 20. The van der Waals surface area contributed by atoms with Gasteiger partial charge in [0, 0.05) is 83.6 Å². The zero-order valence-corrected chi connectivity index (χ0v) is 61.8. The Labute approximate surface area is 640 Å². The number of aromatic nitrogens is 4. The lowest BCUT2D eigenvalue weighted by molar-refractivity contribution is 0.103. The summed E-state index contributed by atoms with van der Waals surface area (Å²) < 4.78 is 56.5. The van der Waals surface area contributed by atoms with Gasteiger partial charge in [0.05, 0.1) is 56.9 Å². The number of H-pyrrole nitrogens is 4. The number of fused-ring (bicyclic) bond motifs is 4. The molecule has 14 heteroatoms. The Hall–Kier alpha value is -14.0. The fourth-order valence-electron chi connectivity index (χ4n) is 13.1. The first-order valence-corrected chi connectivity index (χ1v) is 35.1. The van der Waals surface area contributed by atoms with Crippen LogP contribution in [0.15, 0.2) is 305 Å². The van der Waals surface area contributed by atoms with E-state index in [2.05, 4.69) is 143 Å². The molecule has 4 heterocycles. The van der Waals surface area contributed by atoms with E-state index in [0.29, 0.717) is 39.9 Å². The summed E-state index contributed by atoms with van der Waals surface area (Å²) in [4.78, 5) is 26.5. The molecule has 16 rings (SSSR count). The van der Waals surface area contributed by atoms with Crippen LogP contribution in [0.3, 0.4) is 0 Å². The van der Waals surface area contributed by atoms with E-state index in [1.54, 1.807) is 87.2 Å². The number of para-hydroxylation sites is 3. The van der Waals surface area contributed by atoms with Gasteiger partial charge in [0.1, 0.15) is 23.1 Å². The topological polar surface area (TPSA) is 154 Å². The molecule has 0 aliphatic carbocycles. The van der Waals surface area contributed by atoms with E-state index in [4.69, 9.17) is 37.9 Å². The van der Waals surface area contributed by atoms with Crippen LogP contribution in [0.4, 0.5) is 4.39 Å². The van der Waals surface area contributed by atoms with E-state index in [-0.39, 0.29) is 19.0 Å². The molecule has 0 saturated heterocycles. The van der Waals surface area contributed by atoms with Gasteiger partial charge in [0.15, 0.2) is 28.8 Å². The number of methoxy groups -OCH3 is 8. The van der Waals surface area contributed by atoms with Crippen molar-refractivity contribution in [2.45, 2.75) is 7.43 Å². The van der Waals surface area contributed by atoms with E-state index in [0.717, 1.165) is 145 Å². The summed E-state index contributed by atoms with van der Waals surface area (Å²) >= 11 is 0. The molecule has 0 aliphatic rings. The molecule has 12 aromatic carbocycles. The predicted molar refractivity (Wildman–Crippen MR) is 448 cm³/mol. The molecule has 0 amide bonds. The third-order valence-corrected chi connectivity index (χ3v) is 19.0. The normalized spacial score (nSPS) is 10.7. The Morgan fingerprint density at radius 2 is 0.627 bits per heavy atom. The molecule has 0 bridgehead atoms. The highest BCUT2D eigenvalue weighted by atomic mass is 19.1. The van der Waals surface area contributed by atoms with Gasteiger partial charge >= 0.3 is 0 Å². The van der Waals surface area contributed by atoms with Crippen molar-refractivity contribution in [3.63, 3.8) is 0 Å². The van der Waals surface area contributed by atoms with Crippen LogP contribution in [0.1, 0.15) is 56.7 Å². The highest BCUT2D eigenvalue weighted by Gasteiger charge is 2.19. The smallest absolute Gasteiger partial charge is 0.203 e. The third-order valence-electron chi connectivity index (χ3n) is 19.0. The summed E-state index contributed by atoms with van der Waals surface area (Å²) in [5.41, 5.74) is 22.5. The van der Waals surface area contributed by atoms with Gasteiger partial charge in [0.25, 0.3) is 0 Å². The number of carbonyl (C=O) groups excluding carboxylic acids is 1. The van der Waals surface area contributed by atoms with Crippen molar-refractivity contribution < 1.29 is 47.1 Å². The highest BCUT2D eigenvalue weighted by molar-refractivity contribution is 6.09. The average Bonchev–Trinajstić information content (AvgIpc) is 1.66. The van der Waals surface area contributed by atoms with Gasteiger partial charge in [0.2, 0.25) is 5.75 Å². The van der Waals surface area contributed by atoms with Crippen LogP contribution in [0.25, 0.3) is 105 Å². The van der Waals surface area contributed by atoms with Crippen molar-refractivity contribution >= 4 is 66.1 Å². The first kappa shape index (κ1) is 75.7. The van der Waals surface area contributed by atoms with Gasteiger partial charge in [-0.3, -0.25) is 4.79 Å². The van der Waals surface area contributed by atoms with Gasteiger partial charge in [-0.1, -0.05) is 161 Å². The number of halogens is 1. The molecule has 110 heavy (non-hydrogen) atoms. The largest absolute Gasteiger partial charge is 0.497 e. The Morgan fingerprint density at radius 3 is 1.04 bits per heavy atom. The molecule has 0 aliphatic heterocycles. The zero-order valence-electron chi connectivity index (χ0n) is 61.8. The maximum Gasteiger partial charge on any atom is 0.203 e. The van der Waals surface area contributed by atoms with E-state index < -0.39 is 0 Å². The number of hydrogen-bond donors (Lipinski definition) is 4. The van der Waals surface area contributed by atoms with Gasteiger partial charge < -0.3 is 57.8 Å². The van der Waals surface area contributed by atoms with Crippen LogP contribution in [0, 0.1) is 5.82 Å². The molecule has 4 aromatic heterocycles. The second-order valence-electron chi connectivity index (χ2n) is 25.6. The SMILES string of the molecule is C.C=C(c1cc(OC)cc(OC)c1)c1cccc(-c2cc3ccccc3[nH]2)c1.C=C(c1cccc(-c2cc3cc(F)ccc3[nH]2)c1)c1cc(OC)c(OC)c(OC)c1.C=C(c1cccc(-c2cc3ccccc3[nH]2)c1)c1ccc(OC)c(OC)c1.COc1ccc(C(=O)c2cccc(-c3cc4ccccc4[nH]3)c2)cc1. The molecule has 0 unspecified atom stereocenters. The maximum atomic E-state index is 13.5. The Morgan fingerprint density at radius 1 is 0.273 bits per heavy atom. The fraction of sp³-hybridized carbons (Fsp3) is 0.0938. The molecule has 16 aromatic rings. The molecule has 0 fully saturated rings. The minimum Gasteiger partial charge on any atom is -0.497 e. The van der Waals surface area contributed by atoms with Crippen molar-refractivity contribution in [2.24, 2.45) is 0 Å². The van der Waals surface area contributed by atoms with Crippen molar-refractivity contribution in [1.82, 2.24) is 19.9 Å². The highest BCUT2D eigenvalue weighted by Crippen LogP contribution is 2.42. The predicted octanol–water partition coefficient (Wildman–Crippen LogP) is 23.6. The van der Waals surface area contributed by atoms with Crippen molar-refractivity contribution in [1.29, 1.82) is 0 Å². The quantitative estimate of drug-likeness (QED) is 0.0546. The standard InChI is InChI=1S/C25H22FNO3.2C24H21NO2.C22H17NO2.CH4/c1-15(18-13-23(28-2)25(30-4)24(14-18)29-3)16-6-5-7-17(10-16)22-12-19-11-20(26)8-9-21(19)27-22;1-16(20-12-21(26-2)15-22(13-20)27-3)17-8-6-9-18(11-17)24-14-19-7-4-5-10-23(19)25-24;1-16(18-11-12-23(26-2)24(15-18)27-3)17-8-6-9-19(13-17)22-14-20-7-4-5-10-21(20)25-22;1-25-19-11-9-15(10-12-19)22(24)18-7-4-6-16(13-18)21-14-17-5-2-3-8-20(17)23-21;/h5-14,27H,1H2,2-4H3;2*4-15,25H,1H2,2-3H3;2-14,23H,1H3;1H4. The van der Waals surface area contributed by atoms with Crippen molar-refractivity contribution in [2.75, 3.05) is 56.9 Å². The maximum absolute atomic E-state index is 13.5. The number of carbonyl (C=O) groups is 1. The third kappa shape index (κ3) is 17.0. The Kier molecular flexibility index (Phi) is 23.7. The van der Waals surface area contributed by atoms with Crippen LogP contribution in [0.5, 0.6) is 46.0 Å². The van der Waals surface area contributed by atoms with Crippen LogP contribution in [-0.2, 0) is 0 Å². The lowest BCUT2D eigenvalue weighted by atomic mass is 9.96. The van der Waals surface area contributed by atoms with Gasteiger partial charge in [-0.25, -0.2) is 4.39 Å². The monoisotopic (exact) mass is 1460 g/mol. The summed E-state index contributed by atoms with van der Waals surface area (Å²) in [5.74, 6) is 5.07. The number of hydrogen-bond acceptors (Lipinski definition) is 9. The molecular weight excluding hydrogens is 1370 g/mol. The van der Waals surface area contributed by atoms with Crippen LogP contribution >= 0.6 is 0 Å². The minimum absolute atomic E-state index is 0. The molecule has 0 saturated carbocycles. The summed E-state index contributed by atoms with van der Waals surface area (Å²) in [6, 6.07) is 92.9. The fourth-order valence-corrected chi connectivity index (χ4v) is 13.1. The zero-order chi connectivity index (χ0) is 76.1. The molecule has 4 N–H and O–H groups in total. The van der Waals surface area contributed by atoms with E-state index >= 15 is 0 Å². The Bertz CT molecular complexity index is 5850.